The molecule has 0 saturated carbocycles. The van der Waals surface area contributed by atoms with E-state index in [2.05, 4.69) is 10.2 Å². The van der Waals surface area contributed by atoms with Gasteiger partial charge in [-0.05, 0) is 6.07 Å². The largest absolute Gasteiger partial charge is 0.507 e. The second kappa shape index (κ2) is 6.64. The lowest BCUT2D eigenvalue weighted by Crippen LogP contribution is -2.49. The summed E-state index contributed by atoms with van der Waals surface area (Å²) in [5.74, 6) is 0.858. The van der Waals surface area contributed by atoms with Crippen molar-refractivity contribution in [2.24, 2.45) is 5.41 Å². The number of hydrogen-bond donors (Lipinski definition) is 3. The summed E-state index contributed by atoms with van der Waals surface area (Å²) < 4.78 is 5.15. The molecule has 0 radical (unpaired) electrons. The van der Waals surface area contributed by atoms with E-state index in [9.17, 15) is 10.2 Å². The summed E-state index contributed by atoms with van der Waals surface area (Å²) in [5, 5.41) is 23.5. The molecule has 5 heteroatoms. The van der Waals surface area contributed by atoms with Gasteiger partial charge in [0.2, 0.25) is 0 Å². The molecule has 1 aromatic rings. The van der Waals surface area contributed by atoms with Crippen LogP contribution in [-0.2, 0) is 0 Å². The number of aromatic hydroxyl groups is 1. The zero-order valence-electron chi connectivity index (χ0n) is 13.1. The zero-order chi connectivity index (χ0) is 15.5. The van der Waals surface area contributed by atoms with Gasteiger partial charge in [-0.3, -0.25) is 4.90 Å². The van der Waals surface area contributed by atoms with E-state index in [0.717, 1.165) is 31.7 Å². The van der Waals surface area contributed by atoms with Crippen molar-refractivity contribution in [3.8, 4) is 11.5 Å². The van der Waals surface area contributed by atoms with Crippen LogP contribution in [0.5, 0.6) is 11.5 Å². The molecule has 1 heterocycles. The molecule has 3 N–H and O–H groups in total. The molecule has 0 amide bonds. The van der Waals surface area contributed by atoms with Gasteiger partial charge in [0.05, 0.1) is 7.11 Å². The number of aliphatic hydroxyl groups is 1. The molecule has 1 fully saturated rings. The first-order valence-electron chi connectivity index (χ1n) is 7.42. The Labute approximate surface area is 126 Å². The second-order valence-electron chi connectivity index (χ2n) is 6.26. The van der Waals surface area contributed by atoms with Gasteiger partial charge in [-0.1, -0.05) is 19.9 Å². The van der Waals surface area contributed by atoms with Gasteiger partial charge in [-0.2, -0.15) is 0 Å². The van der Waals surface area contributed by atoms with Crippen molar-refractivity contribution < 1.29 is 14.9 Å². The van der Waals surface area contributed by atoms with Crippen LogP contribution in [-0.4, -0.2) is 55.0 Å². The van der Waals surface area contributed by atoms with Crippen molar-refractivity contribution in [1.29, 1.82) is 0 Å². The Morgan fingerprint density at radius 3 is 2.52 bits per heavy atom. The number of piperazine rings is 1. The number of nitrogens with zero attached hydrogens (tertiary/aromatic N) is 1. The second-order valence-corrected chi connectivity index (χ2v) is 6.26. The van der Waals surface area contributed by atoms with Crippen LogP contribution in [0.25, 0.3) is 0 Å². The fourth-order valence-corrected chi connectivity index (χ4v) is 3.02. The van der Waals surface area contributed by atoms with Crippen LogP contribution in [0.3, 0.4) is 0 Å². The van der Waals surface area contributed by atoms with Crippen LogP contribution in [0.15, 0.2) is 18.2 Å². The molecule has 2 rings (SSSR count). The third-order valence-corrected chi connectivity index (χ3v) is 4.20. The van der Waals surface area contributed by atoms with E-state index in [4.69, 9.17) is 4.74 Å². The van der Waals surface area contributed by atoms with Crippen molar-refractivity contribution in [1.82, 2.24) is 10.2 Å². The predicted octanol–water partition coefficient (Wildman–Crippen LogP) is 1.37. The third-order valence-electron chi connectivity index (χ3n) is 4.20. The third kappa shape index (κ3) is 3.48. The molecule has 1 aliphatic rings. The standard InChI is InChI=1S/C16H26N2O3/c1-16(2,11-19)15(18-8-6-17-7-9-18)13-5-4-12(21-3)10-14(13)20/h4-5,10,15,17,19-20H,6-9,11H2,1-3H3/t15-/m0/s1. The molecule has 1 aromatic carbocycles. The van der Waals surface area contributed by atoms with Gasteiger partial charge >= 0.3 is 0 Å². The maximum absolute atomic E-state index is 10.4. The minimum atomic E-state index is -0.344. The SMILES string of the molecule is COc1ccc([C@H](N2CCNCC2)C(C)(C)CO)c(O)c1. The summed E-state index contributed by atoms with van der Waals surface area (Å²) in [4.78, 5) is 2.33. The van der Waals surface area contributed by atoms with Gasteiger partial charge in [0.25, 0.3) is 0 Å². The summed E-state index contributed by atoms with van der Waals surface area (Å²) >= 11 is 0. The Balaban J connectivity index is 2.39. The van der Waals surface area contributed by atoms with Crippen LogP contribution in [0, 0.1) is 5.41 Å². The Morgan fingerprint density at radius 1 is 1.33 bits per heavy atom. The average Bonchev–Trinajstić information content (AvgIpc) is 2.50. The number of ether oxygens (including phenoxy) is 1. The summed E-state index contributed by atoms with van der Waals surface area (Å²) in [7, 11) is 1.58. The molecule has 5 nitrogen and oxygen atoms in total. The summed E-state index contributed by atoms with van der Waals surface area (Å²) in [5.41, 5.74) is 0.500. The molecule has 118 valence electrons. The van der Waals surface area contributed by atoms with Gasteiger partial charge in [0.1, 0.15) is 11.5 Å². The van der Waals surface area contributed by atoms with Crippen LogP contribution in [0.2, 0.25) is 0 Å². The highest BCUT2D eigenvalue weighted by Gasteiger charge is 2.37. The lowest BCUT2D eigenvalue weighted by Gasteiger charge is -2.43. The number of phenolic OH excluding ortho intramolecular Hbond substituents is 1. The number of benzene rings is 1. The Kier molecular flexibility index (Phi) is 5.08. The van der Waals surface area contributed by atoms with E-state index in [1.165, 1.54) is 0 Å². The van der Waals surface area contributed by atoms with E-state index < -0.39 is 0 Å². The van der Waals surface area contributed by atoms with Crippen molar-refractivity contribution in [2.45, 2.75) is 19.9 Å². The van der Waals surface area contributed by atoms with Gasteiger partial charge in [-0.25, -0.2) is 0 Å². The number of hydrogen-bond acceptors (Lipinski definition) is 5. The molecule has 0 aromatic heterocycles. The van der Waals surface area contributed by atoms with E-state index in [1.54, 1.807) is 13.2 Å². The van der Waals surface area contributed by atoms with E-state index in [1.807, 2.05) is 26.0 Å². The predicted molar refractivity (Wildman–Crippen MR) is 82.7 cm³/mol. The fraction of sp³-hybridized carbons (Fsp3) is 0.625. The molecule has 0 aliphatic carbocycles. The van der Waals surface area contributed by atoms with Crippen LogP contribution >= 0.6 is 0 Å². The van der Waals surface area contributed by atoms with Gasteiger partial charge in [0, 0.05) is 55.9 Å². The highest BCUT2D eigenvalue weighted by Crippen LogP contribution is 2.42. The smallest absolute Gasteiger partial charge is 0.124 e. The highest BCUT2D eigenvalue weighted by atomic mass is 16.5. The van der Waals surface area contributed by atoms with E-state index >= 15 is 0 Å². The molecule has 21 heavy (non-hydrogen) atoms. The molecule has 0 unspecified atom stereocenters. The molecule has 1 saturated heterocycles. The van der Waals surface area contributed by atoms with Crippen molar-refractivity contribution in [2.75, 3.05) is 39.9 Å². The maximum Gasteiger partial charge on any atom is 0.124 e. The van der Waals surface area contributed by atoms with Gasteiger partial charge in [0.15, 0.2) is 0 Å². The van der Waals surface area contributed by atoms with Crippen molar-refractivity contribution >= 4 is 0 Å². The number of nitrogens with one attached hydrogen (secondary N) is 1. The number of phenols is 1. The monoisotopic (exact) mass is 294 g/mol. The number of rotatable bonds is 5. The summed E-state index contributed by atoms with van der Waals surface area (Å²) in [6.07, 6.45) is 0. The topological polar surface area (TPSA) is 65.0 Å². The Bertz CT molecular complexity index is 471. The Hall–Kier alpha value is -1.30. The minimum absolute atomic E-state index is 0.0319. The normalized spacial score (nSPS) is 18.5. The minimum Gasteiger partial charge on any atom is -0.507 e. The molecular weight excluding hydrogens is 268 g/mol. The highest BCUT2D eigenvalue weighted by molar-refractivity contribution is 5.42. The first-order chi connectivity index (χ1) is 9.99. The lowest BCUT2D eigenvalue weighted by atomic mass is 9.79. The fourth-order valence-electron chi connectivity index (χ4n) is 3.02. The van der Waals surface area contributed by atoms with E-state index in [0.29, 0.717) is 5.75 Å². The molecule has 0 spiro atoms. The lowest BCUT2D eigenvalue weighted by molar-refractivity contribution is 0.0293. The van der Waals surface area contributed by atoms with Crippen LogP contribution in [0.1, 0.15) is 25.5 Å². The zero-order valence-corrected chi connectivity index (χ0v) is 13.1. The molecule has 1 aliphatic heterocycles. The maximum atomic E-state index is 10.4. The molecule has 0 bridgehead atoms. The van der Waals surface area contributed by atoms with Gasteiger partial charge < -0.3 is 20.3 Å². The summed E-state index contributed by atoms with van der Waals surface area (Å²) in [6, 6.07) is 5.36. The van der Waals surface area contributed by atoms with Gasteiger partial charge in [-0.15, -0.1) is 0 Å². The number of aliphatic hydroxyl groups excluding tert-OH is 1. The quantitative estimate of drug-likeness (QED) is 0.765. The number of methoxy groups -OCH3 is 1. The first-order valence-corrected chi connectivity index (χ1v) is 7.42. The molecular formula is C16H26N2O3. The summed E-state index contributed by atoms with van der Waals surface area (Å²) in [6.45, 7) is 7.78. The van der Waals surface area contributed by atoms with Crippen molar-refractivity contribution in [3.63, 3.8) is 0 Å². The first kappa shape index (κ1) is 16.1. The average molecular weight is 294 g/mol. The van der Waals surface area contributed by atoms with E-state index in [-0.39, 0.29) is 23.8 Å². The molecule has 1 atom stereocenters. The van der Waals surface area contributed by atoms with Crippen LogP contribution < -0.4 is 10.1 Å². The Morgan fingerprint density at radius 2 is 2.00 bits per heavy atom. The van der Waals surface area contributed by atoms with Crippen molar-refractivity contribution in [3.05, 3.63) is 23.8 Å². The van der Waals surface area contributed by atoms with Crippen LogP contribution in [0.4, 0.5) is 0 Å².